The third kappa shape index (κ3) is 3.47. The Morgan fingerprint density at radius 2 is 1.10 bits per heavy atom. The van der Waals surface area contributed by atoms with E-state index in [0.29, 0.717) is 11.1 Å². The van der Waals surface area contributed by atoms with Crippen LogP contribution in [-0.4, -0.2) is 4.57 Å². The molecule has 2 aromatic heterocycles. The van der Waals surface area contributed by atoms with Crippen molar-refractivity contribution in [1.82, 2.24) is 4.57 Å². The molecular weight excluding hydrogens is 514 g/mol. The van der Waals surface area contributed by atoms with Crippen molar-refractivity contribution in [2.75, 3.05) is 0 Å². The second-order valence-corrected chi connectivity index (χ2v) is 10.4. The third-order valence-corrected chi connectivity index (χ3v) is 8.10. The average molecular weight is 536 g/mol. The Balaban J connectivity index is 1.35. The van der Waals surface area contributed by atoms with Crippen LogP contribution in [0.5, 0.6) is 0 Å². The van der Waals surface area contributed by atoms with Crippen LogP contribution in [-0.2, 0) is 0 Å². The molecule has 0 aliphatic heterocycles. The molecule has 0 amide bonds. The number of nitriles is 2. The summed E-state index contributed by atoms with van der Waals surface area (Å²) in [7, 11) is 0. The van der Waals surface area contributed by atoms with E-state index in [1.54, 1.807) is 0 Å². The minimum absolute atomic E-state index is 0.565. The number of nitrogens with zero attached hydrogens (tertiary/aromatic N) is 3. The quantitative estimate of drug-likeness (QED) is 0.226. The Hall–Kier alpha value is -6.10. The van der Waals surface area contributed by atoms with Gasteiger partial charge in [-0.2, -0.15) is 10.5 Å². The highest BCUT2D eigenvalue weighted by Crippen LogP contribution is 2.39. The molecule has 0 saturated carbocycles. The van der Waals surface area contributed by atoms with Gasteiger partial charge in [-0.1, -0.05) is 84.9 Å². The number of hydrogen-bond donors (Lipinski definition) is 0. The summed E-state index contributed by atoms with van der Waals surface area (Å²) in [6.07, 6.45) is 0. The standard InChI is InChI=1S/C38H21N3O/c39-22-26-8-7-12-29(38(26)41-34-13-4-1-9-30(34)31-10-2-5-14-35(31)41)24-16-18-28(27(20-24)23-40)25-17-19-37-33(21-25)32-11-3-6-15-36(32)42-37/h1-21H. The lowest BCUT2D eigenvalue weighted by Crippen LogP contribution is -2.01. The predicted molar refractivity (Wildman–Crippen MR) is 168 cm³/mol. The van der Waals surface area contributed by atoms with Crippen LogP contribution in [0.1, 0.15) is 11.1 Å². The smallest absolute Gasteiger partial charge is 0.135 e. The lowest BCUT2D eigenvalue weighted by Gasteiger charge is -2.16. The van der Waals surface area contributed by atoms with E-state index in [0.717, 1.165) is 71.7 Å². The van der Waals surface area contributed by atoms with Gasteiger partial charge in [0, 0.05) is 27.1 Å². The first-order valence-corrected chi connectivity index (χ1v) is 13.7. The van der Waals surface area contributed by atoms with Crippen LogP contribution in [0.4, 0.5) is 0 Å². The van der Waals surface area contributed by atoms with Crippen molar-refractivity contribution < 1.29 is 4.42 Å². The summed E-state index contributed by atoms with van der Waals surface area (Å²) in [6, 6.07) is 47.2. The van der Waals surface area contributed by atoms with Gasteiger partial charge in [0.1, 0.15) is 17.2 Å². The monoisotopic (exact) mass is 535 g/mol. The molecule has 6 aromatic carbocycles. The molecule has 42 heavy (non-hydrogen) atoms. The van der Waals surface area contributed by atoms with Crippen molar-refractivity contribution in [2.45, 2.75) is 0 Å². The molecule has 8 aromatic rings. The number of rotatable bonds is 3. The van der Waals surface area contributed by atoms with Crippen LogP contribution in [0.25, 0.3) is 71.7 Å². The van der Waals surface area contributed by atoms with Crippen LogP contribution in [0.15, 0.2) is 132 Å². The topological polar surface area (TPSA) is 65.7 Å². The highest BCUT2D eigenvalue weighted by molar-refractivity contribution is 6.10. The zero-order valence-electron chi connectivity index (χ0n) is 22.4. The Kier molecular flexibility index (Phi) is 5.22. The van der Waals surface area contributed by atoms with E-state index < -0.39 is 0 Å². The molecule has 0 unspecified atom stereocenters. The van der Waals surface area contributed by atoms with Gasteiger partial charge < -0.3 is 8.98 Å². The van der Waals surface area contributed by atoms with Crippen LogP contribution in [0.2, 0.25) is 0 Å². The highest BCUT2D eigenvalue weighted by atomic mass is 16.3. The second-order valence-electron chi connectivity index (χ2n) is 10.4. The summed E-state index contributed by atoms with van der Waals surface area (Å²) >= 11 is 0. The Morgan fingerprint density at radius 1 is 0.476 bits per heavy atom. The second kappa shape index (κ2) is 9.24. The maximum atomic E-state index is 10.3. The zero-order valence-corrected chi connectivity index (χ0v) is 22.4. The first-order valence-electron chi connectivity index (χ1n) is 13.7. The molecule has 0 aliphatic carbocycles. The molecule has 8 rings (SSSR count). The van der Waals surface area contributed by atoms with Crippen LogP contribution >= 0.6 is 0 Å². The first kappa shape index (κ1) is 23.8. The van der Waals surface area contributed by atoms with Crippen molar-refractivity contribution in [3.63, 3.8) is 0 Å². The molecule has 194 valence electrons. The van der Waals surface area contributed by atoms with E-state index in [1.807, 2.05) is 91.0 Å². The Labute approximate surface area is 241 Å². The molecule has 2 heterocycles. The van der Waals surface area contributed by atoms with Crippen LogP contribution in [0.3, 0.4) is 0 Å². The van der Waals surface area contributed by atoms with Gasteiger partial charge in [-0.15, -0.1) is 0 Å². The molecule has 4 nitrogen and oxygen atoms in total. The number of fused-ring (bicyclic) bond motifs is 6. The van der Waals surface area contributed by atoms with Gasteiger partial charge in [-0.3, -0.25) is 0 Å². The summed E-state index contributed by atoms with van der Waals surface area (Å²) < 4.78 is 8.19. The molecule has 0 fully saturated rings. The molecule has 0 spiro atoms. The van der Waals surface area contributed by atoms with E-state index in [9.17, 15) is 10.5 Å². The van der Waals surface area contributed by atoms with Crippen molar-refractivity contribution in [1.29, 1.82) is 10.5 Å². The zero-order chi connectivity index (χ0) is 28.2. The summed E-state index contributed by atoms with van der Waals surface area (Å²) in [5.41, 5.74) is 9.22. The number of benzene rings is 6. The average Bonchev–Trinajstić information content (AvgIpc) is 3.59. The lowest BCUT2D eigenvalue weighted by atomic mass is 9.93. The minimum atomic E-state index is 0.565. The maximum absolute atomic E-state index is 10.3. The van der Waals surface area contributed by atoms with Gasteiger partial charge in [0.25, 0.3) is 0 Å². The molecule has 0 saturated heterocycles. The van der Waals surface area contributed by atoms with Crippen LogP contribution < -0.4 is 0 Å². The van der Waals surface area contributed by atoms with Crippen molar-refractivity contribution >= 4 is 43.7 Å². The van der Waals surface area contributed by atoms with E-state index in [4.69, 9.17) is 4.42 Å². The van der Waals surface area contributed by atoms with E-state index in [2.05, 4.69) is 53.1 Å². The molecule has 0 bridgehead atoms. The van der Waals surface area contributed by atoms with E-state index in [1.165, 1.54) is 0 Å². The largest absolute Gasteiger partial charge is 0.456 e. The Morgan fingerprint density at radius 3 is 1.83 bits per heavy atom. The molecule has 0 radical (unpaired) electrons. The third-order valence-electron chi connectivity index (χ3n) is 8.10. The van der Waals surface area contributed by atoms with E-state index in [-0.39, 0.29) is 0 Å². The van der Waals surface area contributed by atoms with Gasteiger partial charge in [0.05, 0.1) is 33.9 Å². The first-order chi connectivity index (χ1) is 20.7. The molecule has 0 aliphatic rings. The fourth-order valence-electron chi connectivity index (χ4n) is 6.22. The summed E-state index contributed by atoms with van der Waals surface area (Å²) in [5, 5.41) is 24.9. The lowest BCUT2D eigenvalue weighted by molar-refractivity contribution is 0.669. The van der Waals surface area contributed by atoms with Gasteiger partial charge in [-0.05, 0) is 59.2 Å². The SMILES string of the molecule is N#Cc1cc(-c2cccc(C#N)c2-n2c3ccccc3c3ccccc32)ccc1-c1ccc2oc3ccccc3c2c1. The summed E-state index contributed by atoms with van der Waals surface area (Å²) in [4.78, 5) is 0. The van der Waals surface area contributed by atoms with Gasteiger partial charge in [0.15, 0.2) is 0 Å². The summed E-state index contributed by atoms with van der Waals surface area (Å²) in [5.74, 6) is 0. The fraction of sp³-hybridized carbons (Fsp3) is 0. The van der Waals surface area contributed by atoms with Crippen molar-refractivity contribution in [2.24, 2.45) is 0 Å². The fourth-order valence-corrected chi connectivity index (χ4v) is 6.22. The van der Waals surface area contributed by atoms with Crippen molar-refractivity contribution in [3.8, 4) is 40.1 Å². The number of para-hydroxylation sites is 4. The Bertz CT molecular complexity index is 2390. The van der Waals surface area contributed by atoms with Gasteiger partial charge in [0.2, 0.25) is 0 Å². The minimum Gasteiger partial charge on any atom is -0.456 e. The van der Waals surface area contributed by atoms with Crippen molar-refractivity contribution in [3.05, 3.63) is 139 Å². The van der Waals surface area contributed by atoms with Crippen LogP contribution in [0, 0.1) is 22.7 Å². The normalized spacial score (nSPS) is 11.3. The predicted octanol–water partition coefficient (Wildman–Crippen LogP) is 9.76. The number of aromatic nitrogens is 1. The molecule has 0 N–H and O–H groups in total. The maximum Gasteiger partial charge on any atom is 0.135 e. The molecule has 0 atom stereocenters. The number of hydrogen-bond acceptors (Lipinski definition) is 3. The molecule has 4 heteroatoms. The van der Waals surface area contributed by atoms with E-state index >= 15 is 0 Å². The number of furan rings is 1. The molecular formula is C38H21N3O. The highest BCUT2D eigenvalue weighted by Gasteiger charge is 2.19. The van der Waals surface area contributed by atoms with Gasteiger partial charge >= 0.3 is 0 Å². The summed E-state index contributed by atoms with van der Waals surface area (Å²) in [6.45, 7) is 0. The van der Waals surface area contributed by atoms with Gasteiger partial charge in [-0.25, -0.2) is 0 Å².